The molecule has 6 atom stereocenters. The van der Waals surface area contributed by atoms with Gasteiger partial charge in [0.1, 0.15) is 0 Å². The maximum absolute atomic E-state index is 12.4. The summed E-state index contributed by atoms with van der Waals surface area (Å²) in [7, 11) is 0. The number of carbonyl (C=O) groups is 1. The van der Waals surface area contributed by atoms with E-state index in [1.165, 1.54) is 45.1 Å². The van der Waals surface area contributed by atoms with Crippen LogP contribution in [0.1, 0.15) is 51.9 Å². The molecule has 22 heavy (non-hydrogen) atoms. The van der Waals surface area contributed by atoms with E-state index in [1.807, 2.05) is 0 Å². The van der Waals surface area contributed by atoms with Crippen LogP contribution in [0, 0.1) is 23.7 Å². The normalized spacial score (nSPS) is 44.0. The average molecular weight is 305 g/mol. The standard InChI is InChI=1S/C18H31N3O/c1-2-21-8-4-5-13(11-21)19-18(22)20-17-10-12-9-16(17)15-7-3-6-14(12)15/h12-17H,2-11H2,1H3,(H2,19,20,22)/t12-,13+,14-,15+,16+,17-/m1/s1. The number of hydrogen-bond donors (Lipinski definition) is 2. The number of piperidine rings is 1. The first-order valence-electron chi connectivity index (χ1n) is 9.54. The van der Waals surface area contributed by atoms with E-state index in [4.69, 9.17) is 0 Å². The zero-order chi connectivity index (χ0) is 15.1. The Morgan fingerprint density at radius 3 is 2.77 bits per heavy atom. The molecule has 4 rings (SSSR count). The number of amides is 2. The molecular formula is C18H31N3O. The van der Waals surface area contributed by atoms with Gasteiger partial charge >= 0.3 is 6.03 Å². The van der Waals surface area contributed by atoms with Crippen molar-refractivity contribution in [1.82, 2.24) is 15.5 Å². The summed E-state index contributed by atoms with van der Waals surface area (Å²) in [6.45, 7) is 5.50. The first-order chi connectivity index (χ1) is 10.7. The summed E-state index contributed by atoms with van der Waals surface area (Å²) in [4.78, 5) is 14.8. The van der Waals surface area contributed by atoms with Crippen molar-refractivity contribution in [2.24, 2.45) is 23.7 Å². The molecule has 4 nitrogen and oxygen atoms in total. The molecule has 0 aromatic heterocycles. The van der Waals surface area contributed by atoms with Crippen LogP contribution in [-0.2, 0) is 0 Å². The number of likely N-dealkylation sites (tertiary alicyclic amines) is 1. The quantitative estimate of drug-likeness (QED) is 0.842. The highest BCUT2D eigenvalue weighted by atomic mass is 16.2. The number of nitrogens with zero attached hydrogens (tertiary/aromatic N) is 1. The van der Waals surface area contributed by atoms with Gasteiger partial charge in [-0.3, -0.25) is 0 Å². The summed E-state index contributed by atoms with van der Waals surface area (Å²) in [5.41, 5.74) is 0. The first kappa shape index (κ1) is 14.8. The fourth-order valence-electron chi connectivity index (χ4n) is 6.09. The first-order valence-corrected chi connectivity index (χ1v) is 9.54. The van der Waals surface area contributed by atoms with Crippen LogP contribution < -0.4 is 10.6 Å². The second-order valence-electron chi connectivity index (χ2n) is 8.11. The van der Waals surface area contributed by atoms with Crippen molar-refractivity contribution in [2.75, 3.05) is 19.6 Å². The van der Waals surface area contributed by atoms with Crippen molar-refractivity contribution in [2.45, 2.75) is 64.0 Å². The van der Waals surface area contributed by atoms with Crippen LogP contribution in [0.2, 0.25) is 0 Å². The molecule has 0 aromatic rings. The lowest BCUT2D eigenvalue weighted by Gasteiger charge is -2.34. The molecule has 1 aliphatic heterocycles. The minimum Gasteiger partial charge on any atom is -0.335 e. The molecule has 4 fully saturated rings. The van der Waals surface area contributed by atoms with Gasteiger partial charge in [0.05, 0.1) is 0 Å². The molecule has 0 radical (unpaired) electrons. The third-order valence-corrected chi connectivity index (χ3v) is 7.03. The summed E-state index contributed by atoms with van der Waals surface area (Å²) in [6, 6.07) is 0.886. The molecule has 2 N–H and O–H groups in total. The summed E-state index contributed by atoms with van der Waals surface area (Å²) in [5.74, 6) is 3.62. The predicted octanol–water partition coefficient (Wildman–Crippen LogP) is 2.59. The lowest BCUT2D eigenvalue weighted by atomic mass is 9.79. The number of rotatable bonds is 3. The maximum Gasteiger partial charge on any atom is 0.315 e. The second kappa shape index (κ2) is 6.03. The van der Waals surface area contributed by atoms with Crippen LogP contribution in [0.25, 0.3) is 0 Å². The highest BCUT2D eigenvalue weighted by Crippen LogP contribution is 2.58. The van der Waals surface area contributed by atoms with Gasteiger partial charge < -0.3 is 15.5 Å². The van der Waals surface area contributed by atoms with E-state index in [2.05, 4.69) is 22.5 Å². The summed E-state index contributed by atoms with van der Waals surface area (Å²) in [6.07, 6.45) is 9.26. The minimum absolute atomic E-state index is 0.0926. The van der Waals surface area contributed by atoms with E-state index < -0.39 is 0 Å². The molecule has 4 aliphatic rings. The predicted molar refractivity (Wildman–Crippen MR) is 87.6 cm³/mol. The van der Waals surface area contributed by atoms with Crippen molar-refractivity contribution in [1.29, 1.82) is 0 Å². The summed E-state index contributed by atoms with van der Waals surface area (Å²) >= 11 is 0. The molecular weight excluding hydrogens is 274 g/mol. The van der Waals surface area contributed by atoms with Crippen LogP contribution in [0.5, 0.6) is 0 Å². The smallest absolute Gasteiger partial charge is 0.315 e. The van der Waals surface area contributed by atoms with E-state index in [0.29, 0.717) is 12.1 Å². The molecule has 3 saturated carbocycles. The molecule has 2 amide bonds. The van der Waals surface area contributed by atoms with Crippen molar-refractivity contribution in [3.63, 3.8) is 0 Å². The van der Waals surface area contributed by atoms with Gasteiger partial charge in [-0.1, -0.05) is 13.3 Å². The zero-order valence-corrected chi connectivity index (χ0v) is 13.9. The number of urea groups is 1. The van der Waals surface area contributed by atoms with E-state index in [9.17, 15) is 4.79 Å². The van der Waals surface area contributed by atoms with Crippen LogP contribution in [-0.4, -0.2) is 42.6 Å². The van der Waals surface area contributed by atoms with E-state index >= 15 is 0 Å². The second-order valence-corrected chi connectivity index (χ2v) is 8.11. The lowest BCUT2D eigenvalue weighted by molar-refractivity contribution is 0.179. The Kier molecular flexibility index (Phi) is 4.05. The Bertz CT molecular complexity index is 427. The number of likely N-dealkylation sites (N-methyl/N-ethyl adjacent to an activating group) is 1. The highest BCUT2D eigenvalue weighted by Gasteiger charge is 2.54. The summed E-state index contributed by atoms with van der Waals surface area (Å²) < 4.78 is 0. The molecule has 124 valence electrons. The maximum atomic E-state index is 12.4. The van der Waals surface area contributed by atoms with Crippen LogP contribution in [0.3, 0.4) is 0 Å². The monoisotopic (exact) mass is 305 g/mol. The SMILES string of the molecule is CCN1CCC[C@H](NC(=O)N[C@@H]2C[C@H]3C[C@H]2[C@H]2CCC[C@H]32)C1. The topological polar surface area (TPSA) is 44.4 Å². The summed E-state index contributed by atoms with van der Waals surface area (Å²) in [5, 5.41) is 6.57. The Labute approximate surface area is 134 Å². The van der Waals surface area contributed by atoms with E-state index in [-0.39, 0.29) is 6.03 Å². The number of fused-ring (bicyclic) bond motifs is 5. The molecule has 1 heterocycles. The van der Waals surface area contributed by atoms with Gasteiger partial charge in [0.15, 0.2) is 0 Å². The zero-order valence-electron chi connectivity index (χ0n) is 13.9. The largest absolute Gasteiger partial charge is 0.335 e. The number of nitrogens with one attached hydrogen (secondary N) is 2. The Balaban J connectivity index is 1.28. The van der Waals surface area contributed by atoms with Gasteiger partial charge in [-0.25, -0.2) is 4.79 Å². The third kappa shape index (κ3) is 2.64. The highest BCUT2D eigenvalue weighted by molar-refractivity contribution is 5.74. The Morgan fingerprint density at radius 2 is 1.91 bits per heavy atom. The van der Waals surface area contributed by atoms with Crippen LogP contribution in [0.15, 0.2) is 0 Å². The Morgan fingerprint density at radius 1 is 1.05 bits per heavy atom. The number of hydrogen-bond acceptors (Lipinski definition) is 2. The molecule has 0 spiro atoms. The minimum atomic E-state index is 0.0926. The molecule has 1 saturated heterocycles. The molecule has 0 unspecified atom stereocenters. The number of carbonyl (C=O) groups excluding carboxylic acids is 1. The van der Waals surface area contributed by atoms with Gasteiger partial charge in [0, 0.05) is 18.6 Å². The average Bonchev–Trinajstić information content (AvgIpc) is 3.19. The van der Waals surface area contributed by atoms with Crippen molar-refractivity contribution in [3.8, 4) is 0 Å². The fourth-order valence-corrected chi connectivity index (χ4v) is 6.09. The van der Waals surface area contributed by atoms with Gasteiger partial charge in [0.2, 0.25) is 0 Å². The molecule has 4 heteroatoms. The molecule has 3 aliphatic carbocycles. The molecule has 0 aromatic carbocycles. The van der Waals surface area contributed by atoms with E-state index in [1.54, 1.807) is 0 Å². The molecule has 2 bridgehead atoms. The van der Waals surface area contributed by atoms with Gasteiger partial charge in [-0.15, -0.1) is 0 Å². The Hall–Kier alpha value is -0.770. The van der Waals surface area contributed by atoms with E-state index in [0.717, 1.165) is 43.2 Å². The third-order valence-electron chi connectivity index (χ3n) is 7.03. The van der Waals surface area contributed by atoms with Crippen molar-refractivity contribution >= 4 is 6.03 Å². The van der Waals surface area contributed by atoms with Crippen LogP contribution in [0.4, 0.5) is 4.79 Å². The van der Waals surface area contributed by atoms with Gasteiger partial charge in [0.25, 0.3) is 0 Å². The fraction of sp³-hybridized carbons (Fsp3) is 0.944. The lowest BCUT2D eigenvalue weighted by Crippen LogP contribution is -2.53. The van der Waals surface area contributed by atoms with Gasteiger partial charge in [-0.2, -0.15) is 0 Å². The van der Waals surface area contributed by atoms with Crippen LogP contribution >= 0.6 is 0 Å². The van der Waals surface area contributed by atoms with Crippen molar-refractivity contribution < 1.29 is 4.79 Å². The van der Waals surface area contributed by atoms with Crippen molar-refractivity contribution in [3.05, 3.63) is 0 Å². The van der Waals surface area contributed by atoms with Gasteiger partial charge in [-0.05, 0) is 75.3 Å².